The summed E-state index contributed by atoms with van der Waals surface area (Å²) in [6, 6.07) is 9.46. The maximum Gasteiger partial charge on any atom is 0.238 e. The van der Waals surface area contributed by atoms with Gasteiger partial charge in [0.25, 0.3) is 0 Å². The number of hydrogen-bond donors (Lipinski definition) is 4. The van der Waals surface area contributed by atoms with Gasteiger partial charge in [0.05, 0.1) is 6.10 Å². The van der Waals surface area contributed by atoms with Crippen LogP contribution in [-0.4, -0.2) is 22.2 Å². The lowest BCUT2D eigenvalue weighted by molar-refractivity contribution is -0.122. The van der Waals surface area contributed by atoms with Crippen LogP contribution in [0, 0.1) is 0 Å². The second-order valence-electron chi connectivity index (χ2n) is 5.54. The van der Waals surface area contributed by atoms with Crippen LogP contribution in [0.25, 0.3) is 0 Å². The van der Waals surface area contributed by atoms with Crippen molar-refractivity contribution in [2.75, 3.05) is 5.32 Å². The number of carbonyl (C=O) groups is 1. The zero-order chi connectivity index (χ0) is 16.9. The van der Waals surface area contributed by atoms with Gasteiger partial charge in [-0.15, -0.1) is 0 Å². The smallest absolute Gasteiger partial charge is 0.238 e. The molecule has 4 N–H and O–H groups in total. The molecule has 1 aromatic carbocycles. The molecule has 128 valence electrons. The number of hydrogen-bond acceptors (Lipinski definition) is 3. The van der Waals surface area contributed by atoms with Crippen LogP contribution >= 0.6 is 12.2 Å². The zero-order valence-electron chi connectivity index (χ0n) is 13.7. The molecule has 0 fully saturated rings. The third kappa shape index (κ3) is 9.86. The van der Waals surface area contributed by atoms with Crippen molar-refractivity contribution in [2.24, 2.45) is 0 Å². The topological polar surface area (TPSA) is 73.4 Å². The van der Waals surface area contributed by atoms with Crippen molar-refractivity contribution >= 4 is 28.9 Å². The second kappa shape index (κ2) is 11.8. The first-order valence-corrected chi connectivity index (χ1v) is 8.61. The lowest BCUT2D eigenvalue weighted by atomic mass is 10.1. The predicted octanol–water partition coefficient (Wildman–Crippen LogP) is 3.12. The van der Waals surface area contributed by atoms with Gasteiger partial charge in [0, 0.05) is 12.1 Å². The Balaban J connectivity index is 2.10. The molecule has 1 aromatic rings. The first kappa shape index (κ1) is 19.4. The average molecular weight is 337 g/mol. The summed E-state index contributed by atoms with van der Waals surface area (Å²) in [7, 11) is 0. The van der Waals surface area contributed by atoms with Gasteiger partial charge in [-0.2, -0.15) is 0 Å². The fourth-order valence-electron chi connectivity index (χ4n) is 2.12. The van der Waals surface area contributed by atoms with Crippen molar-refractivity contribution in [2.45, 2.75) is 58.0 Å². The number of carbonyl (C=O) groups excluding carboxylic acids is 1. The molecule has 1 rings (SSSR count). The Hall–Kier alpha value is -1.66. The Morgan fingerprint density at radius 3 is 2.57 bits per heavy atom. The molecule has 0 saturated heterocycles. The van der Waals surface area contributed by atoms with Crippen LogP contribution in [0.3, 0.4) is 0 Å². The minimum Gasteiger partial charge on any atom is -0.393 e. The van der Waals surface area contributed by atoms with Crippen LogP contribution in [0.15, 0.2) is 30.3 Å². The molecule has 0 aliphatic rings. The zero-order valence-corrected chi connectivity index (χ0v) is 14.5. The molecule has 0 saturated carbocycles. The number of anilines is 1. The first-order valence-electron chi connectivity index (χ1n) is 8.20. The van der Waals surface area contributed by atoms with Gasteiger partial charge in [-0.1, -0.05) is 50.8 Å². The summed E-state index contributed by atoms with van der Waals surface area (Å²) in [4.78, 5) is 11.7. The maximum atomic E-state index is 11.7. The number of aliphatic hydroxyl groups excluding tert-OH is 1. The molecule has 6 heteroatoms. The Labute approximate surface area is 143 Å². The minimum atomic E-state index is -0.410. The SMILES string of the molecule is CCCCCC[C@H](O)CCC(=O)NNC(=S)Nc1ccccc1. The fraction of sp³-hybridized carbons (Fsp3) is 0.529. The van der Waals surface area contributed by atoms with Crippen LogP contribution < -0.4 is 16.2 Å². The van der Waals surface area contributed by atoms with E-state index in [9.17, 15) is 9.90 Å². The van der Waals surface area contributed by atoms with Crippen molar-refractivity contribution in [1.29, 1.82) is 0 Å². The summed E-state index contributed by atoms with van der Waals surface area (Å²) in [6.45, 7) is 2.16. The largest absolute Gasteiger partial charge is 0.393 e. The third-order valence-electron chi connectivity index (χ3n) is 3.44. The maximum absolute atomic E-state index is 11.7. The summed E-state index contributed by atoms with van der Waals surface area (Å²) in [6.07, 6.45) is 5.63. The highest BCUT2D eigenvalue weighted by Gasteiger charge is 2.08. The quantitative estimate of drug-likeness (QED) is 0.316. The fourth-order valence-corrected chi connectivity index (χ4v) is 2.29. The Kier molecular flexibility index (Phi) is 9.99. The van der Waals surface area contributed by atoms with Crippen molar-refractivity contribution in [3.8, 4) is 0 Å². The van der Waals surface area contributed by atoms with E-state index in [0.29, 0.717) is 11.5 Å². The van der Waals surface area contributed by atoms with Crippen LogP contribution in [0.4, 0.5) is 5.69 Å². The van der Waals surface area contributed by atoms with E-state index in [4.69, 9.17) is 12.2 Å². The van der Waals surface area contributed by atoms with Gasteiger partial charge in [-0.25, -0.2) is 0 Å². The molecule has 5 nitrogen and oxygen atoms in total. The molecule has 1 amide bonds. The second-order valence-corrected chi connectivity index (χ2v) is 5.94. The third-order valence-corrected chi connectivity index (χ3v) is 3.65. The molecule has 1 atom stereocenters. The predicted molar refractivity (Wildman–Crippen MR) is 97.9 cm³/mol. The summed E-state index contributed by atoms with van der Waals surface area (Å²) in [5.41, 5.74) is 6.03. The van der Waals surface area contributed by atoms with E-state index in [0.717, 1.165) is 24.9 Å². The highest BCUT2D eigenvalue weighted by atomic mass is 32.1. The number of benzene rings is 1. The van der Waals surface area contributed by atoms with E-state index in [1.807, 2.05) is 30.3 Å². The van der Waals surface area contributed by atoms with Crippen molar-refractivity contribution < 1.29 is 9.90 Å². The molecule has 0 heterocycles. The molecular formula is C17H27N3O2S. The van der Waals surface area contributed by atoms with Crippen LogP contribution in [0.2, 0.25) is 0 Å². The van der Waals surface area contributed by atoms with Crippen molar-refractivity contribution in [3.05, 3.63) is 30.3 Å². The molecule has 0 aliphatic carbocycles. The average Bonchev–Trinajstić information content (AvgIpc) is 2.56. The van der Waals surface area contributed by atoms with Gasteiger partial charge in [0.15, 0.2) is 5.11 Å². The highest BCUT2D eigenvalue weighted by Crippen LogP contribution is 2.09. The number of nitrogens with one attached hydrogen (secondary N) is 3. The molecule has 23 heavy (non-hydrogen) atoms. The van der Waals surface area contributed by atoms with Gasteiger partial charge >= 0.3 is 0 Å². The van der Waals surface area contributed by atoms with E-state index in [-0.39, 0.29) is 12.3 Å². The van der Waals surface area contributed by atoms with Crippen molar-refractivity contribution in [3.63, 3.8) is 0 Å². The number of para-hydroxylation sites is 1. The first-order chi connectivity index (χ1) is 11.1. The van der Waals surface area contributed by atoms with Gasteiger partial charge in [0.2, 0.25) is 5.91 Å². The minimum absolute atomic E-state index is 0.185. The van der Waals surface area contributed by atoms with Crippen molar-refractivity contribution in [1.82, 2.24) is 10.9 Å². The van der Waals surface area contributed by atoms with Gasteiger partial charge in [-0.05, 0) is 37.2 Å². The highest BCUT2D eigenvalue weighted by molar-refractivity contribution is 7.80. The van der Waals surface area contributed by atoms with E-state index < -0.39 is 6.10 Å². The van der Waals surface area contributed by atoms with Crippen LogP contribution in [0.5, 0.6) is 0 Å². The number of amides is 1. The lowest BCUT2D eigenvalue weighted by Gasteiger charge is -2.13. The summed E-state index contributed by atoms with van der Waals surface area (Å²) < 4.78 is 0. The number of hydrazine groups is 1. The van der Waals surface area contributed by atoms with E-state index in [1.165, 1.54) is 12.8 Å². The van der Waals surface area contributed by atoms with Crippen LogP contribution in [-0.2, 0) is 4.79 Å². The Morgan fingerprint density at radius 1 is 1.13 bits per heavy atom. The number of unbranched alkanes of at least 4 members (excludes halogenated alkanes) is 3. The van der Waals surface area contributed by atoms with Gasteiger partial charge in [-0.3, -0.25) is 15.6 Å². The molecule has 0 spiro atoms. The molecule has 0 aromatic heterocycles. The Morgan fingerprint density at radius 2 is 1.87 bits per heavy atom. The lowest BCUT2D eigenvalue weighted by Crippen LogP contribution is -2.43. The summed E-state index contributed by atoms with van der Waals surface area (Å²) in [5, 5.41) is 13.1. The molecule has 0 unspecified atom stereocenters. The molecular weight excluding hydrogens is 310 g/mol. The normalized spacial score (nSPS) is 11.6. The summed E-state index contributed by atoms with van der Waals surface area (Å²) >= 11 is 5.09. The van der Waals surface area contributed by atoms with Crippen LogP contribution in [0.1, 0.15) is 51.9 Å². The van der Waals surface area contributed by atoms with E-state index in [2.05, 4.69) is 23.1 Å². The molecule has 0 aliphatic heterocycles. The number of aliphatic hydroxyl groups is 1. The Bertz CT molecular complexity index is 468. The monoisotopic (exact) mass is 337 g/mol. The number of rotatable bonds is 9. The van der Waals surface area contributed by atoms with E-state index >= 15 is 0 Å². The van der Waals surface area contributed by atoms with E-state index in [1.54, 1.807) is 0 Å². The van der Waals surface area contributed by atoms with Gasteiger partial charge < -0.3 is 10.4 Å². The standard InChI is InChI=1S/C17H27N3O2S/c1-2-3-4-8-11-15(21)12-13-16(22)19-20-17(23)18-14-9-6-5-7-10-14/h5-7,9-10,15,21H,2-4,8,11-13H2,1H3,(H,19,22)(H2,18,20,23)/t15-/m0/s1. The number of thiocarbonyl (C=S) groups is 1. The summed E-state index contributed by atoms with van der Waals surface area (Å²) in [5.74, 6) is -0.185. The molecule has 0 bridgehead atoms. The molecule has 0 radical (unpaired) electrons. The van der Waals surface area contributed by atoms with Gasteiger partial charge in [0.1, 0.15) is 0 Å².